The van der Waals surface area contributed by atoms with Crippen molar-refractivity contribution < 1.29 is 9.18 Å². The van der Waals surface area contributed by atoms with E-state index < -0.39 is 6.04 Å². The molecule has 0 fully saturated rings. The van der Waals surface area contributed by atoms with E-state index in [0.717, 1.165) is 0 Å². The van der Waals surface area contributed by atoms with Gasteiger partial charge in [0.1, 0.15) is 11.9 Å². The lowest BCUT2D eigenvalue weighted by atomic mass is 10.1. The number of nitrogens with one attached hydrogen (secondary N) is 1. The zero-order valence-electron chi connectivity index (χ0n) is 13.1. The van der Waals surface area contributed by atoms with Crippen molar-refractivity contribution in [3.63, 3.8) is 0 Å². The van der Waals surface area contributed by atoms with Crippen molar-refractivity contribution in [2.24, 2.45) is 11.7 Å². The first kappa shape index (κ1) is 17.4. The molecule has 1 aromatic rings. The van der Waals surface area contributed by atoms with Crippen LogP contribution in [0.15, 0.2) is 24.3 Å². The molecule has 1 unspecified atom stereocenters. The topological polar surface area (TPSA) is 58.4 Å². The first-order valence-electron chi connectivity index (χ1n) is 7.46. The van der Waals surface area contributed by atoms with E-state index in [-0.39, 0.29) is 11.7 Å². The number of rotatable bonds is 8. The highest BCUT2D eigenvalue weighted by Crippen LogP contribution is 2.21. The van der Waals surface area contributed by atoms with Gasteiger partial charge in [-0.2, -0.15) is 0 Å². The van der Waals surface area contributed by atoms with Gasteiger partial charge in [-0.25, -0.2) is 4.39 Å². The van der Waals surface area contributed by atoms with Gasteiger partial charge in [-0.3, -0.25) is 4.79 Å². The van der Waals surface area contributed by atoms with Crippen molar-refractivity contribution in [1.29, 1.82) is 0 Å². The molecule has 1 amide bonds. The van der Waals surface area contributed by atoms with Crippen LogP contribution >= 0.6 is 0 Å². The molecule has 1 rings (SSSR count). The Kier molecular flexibility index (Phi) is 7.15. The summed E-state index contributed by atoms with van der Waals surface area (Å²) in [7, 11) is 0. The molecule has 21 heavy (non-hydrogen) atoms. The van der Waals surface area contributed by atoms with E-state index in [9.17, 15) is 9.18 Å². The number of benzene rings is 1. The molecule has 0 aliphatic rings. The lowest BCUT2D eigenvalue weighted by molar-refractivity contribution is -0.122. The van der Waals surface area contributed by atoms with Gasteiger partial charge in [-0.15, -0.1) is 0 Å². The minimum absolute atomic E-state index is 0.0935. The fraction of sp³-hybridized carbons (Fsp3) is 0.562. The van der Waals surface area contributed by atoms with Crippen LogP contribution in [0.3, 0.4) is 0 Å². The normalized spacial score (nSPS) is 12.3. The Morgan fingerprint density at radius 1 is 1.33 bits per heavy atom. The van der Waals surface area contributed by atoms with E-state index in [0.29, 0.717) is 37.7 Å². The Labute approximate surface area is 126 Å². The summed E-state index contributed by atoms with van der Waals surface area (Å²) in [4.78, 5) is 14.0. The average molecular weight is 295 g/mol. The molecular weight excluding hydrogens is 269 g/mol. The lowest BCUT2D eigenvalue weighted by Crippen LogP contribution is -2.47. The van der Waals surface area contributed by atoms with Crippen LogP contribution in [0.25, 0.3) is 0 Å². The quantitative estimate of drug-likeness (QED) is 0.772. The molecule has 0 saturated heterocycles. The standard InChI is InChI=1S/C16H26FN3O/c1-12(2)11-19-16(21)13(3)20(10-6-9-18)15-8-5-4-7-14(15)17/h4-5,7-8,12-13H,6,9-11,18H2,1-3H3,(H,19,21). The summed E-state index contributed by atoms with van der Waals surface area (Å²) in [6, 6.07) is 6.07. The van der Waals surface area contributed by atoms with Gasteiger partial charge in [-0.1, -0.05) is 26.0 Å². The number of nitrogens with zero attached hydrogens (tertiary/aromatic N) is 1. The maximum absolute atomic E-state index is 14.0. The molecule has 1 aromatic carbocycles. The summed E-state index contributed by atoms with van der Waals surface area (Å²) in [5.74, 6) is -0.0332. The van der Waals surface area contributed by atoms with Gasteiger partial charge in [-0.05, 0) is 37.9 Å². The van der Waals surface area contributed by atoms with Crippen molar-refractivity contribution in [3.8, 4) is 0 Å². The van der Waals surface area contributed by atoms with Crippen LogP contribution in [0.2, 0.25) is 0 Å². The molecule has 1 atom stereocenters. The highest BCUT2D eigenvalue weighted by atomic mass is 19.1. The molecule has 118 valence electrons. The molecule has 0 aliphatic carbocycles. The Bertz CT molecular complexity index is 451. The third-order valence-corrected chi connectivity index (χ3v) is 3.30. The average Bonchev–Trinajstić information content (AvgIpc) is 2.46. The van der Waals surface area contributed by atoms with Crippen LogP contribution in [0.4, 0.5) is 10.1 Å². The highest BCUT2D eigenvalue weighted by molar-refractivity contribution is 5.84. The van der Waals surface area contributed by atoms with Crippen molar-refractivity contribution in [2.75, 3.05) is 24.5 Å². The number of carbonyl (C=O) groups is 1. The Balaban J connectivity index is 2.86. The second-order valence-electron chi connectivity index (χ2n) is 5.60. The van der Waals surface area contributed by atoms with Crippen LogP contribution in [0, 0.1) is 11.7 Å². The Morgan fingerprint density at radius 3 is 2.57 bits per heavy atom. The number of hydrogen-bond acceptors (Lipinski definition) is 3. The second-order valence-corrected chi connectivity index (χ2v) is 5.60. The van der Waals surface area contributed by atoms with Gasteiger partial charge in [0.15, 0.2) is 0 Å². The first-order chi connectivity index (χ1) is 9.97. The zero-order chi connectivity index (χ0) is 15.8. The minimum Gasteiger partial charge on any atom is -0.357 e. The molecule has 0 heterocycles. The van der Waals surface area contributed by atoms with Gasteiger partial charge < -0.3 is 16.0 Å². The van der Waals surface area contributed by atoms with E-state index >= 15 is 0 Å². The Morgan fingerprint density at radius 2 is 2.00 bits per heavy atom. The summed E-state index contributed by atoms with van der Waals surface area (Å²) >= 11 is 0. The summed E-state index contributed by atoms with van der Waals surface area (Å²) in [5, 5.41) is 2.89. The third-order valence-electron chi connectivity index (χ3n) is 3.30. The third kappa shape index (κ3) is 5.34. The van der Waals surface area contributed by atoms with Crippen molar-refractivity contribution >= 4 is 11.6 Å². The molecule has 3 N–H and O–H groups in total. The largest absolute Gasteiger partial charge is 0.357 e. The van der Waals surface area contributed by atoms with Crippen LogP contribution in [0.5, 0.6) is 0 Å². The summed E-state index contributed by atoms with van der Waals surface area (Å²) < 4.78 is 14.0. The van der Waals surface area contributed by atoms with Gasteiger partial charge in [0, 0.05) is 13.1 Å². The predicted molar refractivity (Wildman–Crippen MR) is 84.7 cm³/mol. The number of nitrogens with two attached hydrogens (primary N) is 1. The van der Waals surface area contributed by atoms with Gasteiger partial charge in [0.2, 0.25) is 5.91 Å². The van der Waals surface area contributed by atoms with Crippen LogP contribution < -0.4 is 16.0 Å². The van der Waals surface area contributed by atoms with Crippen molar-refractivity contribution in [3.05, 3.63) is 30.1 Å². The highest BCUT2D eigenvalue weighted by Gasteiger charge is 2.23. The molecule has 0 saturated carbocycles. The SMILES string of the molecule is CC(C)CNC(=O)C(C)N(CCCN)c1ccccc1F. The zero-order valence-corrected chi connectivity index (χ0v) is 13.1. The summed E-state index contributed by atoms with van der Waals surface area (Å²) in [6.45, 7) is 7.53. The molecular formula is C16H26FN3O. The maximum Gasteiger partial charge on any atom is 0.242 e. The lowest BCUT2D eigenvalue weighted by Gasteiger charge is -2.31. The van der Waals surface area contributed by atoms with Crippen molar-refractivity contribution in [1.82, 2.24) is 5.32 Å². The molecule has 5 heteroatoms. The molecule has 0 radical (unpaired) electrons. The van der Waals surface area contributed by atoms with Gasteiger partial charge in [0.25, 0.3) is 0 Å². The monoisotopic (exact) mass is 295 g/mol. The fourth-order valence-electron chi connectivity index (χ4n) is 2.06. The van der Waals surface area contributed by atoms with E-state index in [1.165, 1.54) is 6.07 Å². The van der Waals surface area contributed by atoms with E-state index in [1.807, 2.05) is 13.8 Å². The van der Waals surface area contributed by atoms with Crippen LogP contribution in [-0.2, 0) is 4.79 Å². The molecule has 0 aliphatic heterocycles. The summed E-state index contributed by atoms with van der Waals surface area (Å²) in [5.41, 5.74) is 5.99. The Hall–Kier alpha value is -1.62. The minimum atomic E-state index is -0.438. The summed E-state index contributed by atoms with van der Waals surface area (Å²) in [6.07, 6.45) is 0.704. The van der Waals surface area contributed by atoms with E-state index in [1.54, 1.807) is 30.0 Å². The second kappa shape index (κ2) is 8.62. The van der Waals surface area contributed by atoms with E-state index in [4.69, 9.17) is 5.73 Å². The van der Waals surface area contributed by atoms with Crippen LogP contribution in [-0.4, -0.2) is 31.6 Å². The van der Waals surface area contributed by atoms with Gasteiger partial charge >= 0.3 is 0 Å². The van der Waals surface area contributed by atoms with Crippen LogP contribution in [0.1, 0.15) is 27.2 Å². The maximum atomic E-state index is 14.0. The molecule has 0 spiro atoms. The number of anilines is 1. The van der Waals surface area contributed by atoms with Crippen molar-refractivity contribution in [2.45, 2.75) is 33.2 Å². The number of amides is 1. The fourth-order valence-corrected chi connectivity index (χ4v) is 2.06. The van der Waals surface area contributed by atoms with E-state index in [2.05, 4.69) is 5.32 Å². The predicted octanol–water partition coefficient (Wildman–Crippen LogP) is 2.14. The number of hydrogen-bond donors (Lipinski definition) is 2. The smallest absolute Gasteiger partial charge is 0.242 e. The number of halogens is 1. The first-order valence-corrected chi connectivity index (χ1v) is 7.46. The number of para-hydroxylation sites is 1. The molecule has 4 nitrogen and oxygen atoms in total. The number of carbonyl (C=O) groups excluding carboxylic acids is 1. The molecule has 0 aromatic heterocycles. The molecule has 0 bridgehead atoms. The van der Waals surface area contributed by atoms with Gasteiger partial charge in [0.05, 0.1) is 5.69 Å².